The van der Waals surface area contributed by atoms with Crippen LogP contribution in [0.4, 0.5) is 5.69 Å². The molecule has 5 nitrogen and oxygen atoms in total. The second-order valence-electron chi connectivity index (χ2n) is 11.2. The van der Waals surface area contributed by atoms with E-state index in [4.69, 9.17) is 4.74 Å². The Hall–Kier alpha value is -2.94. The van der Waals surface area contributed by atoms with E-state index in [1.807, 2.05) is 18.2 Å². The van der Waals surface area contributed by atoms with Crippen molar-refractivity contribution in [2.24, 2.45) is 0 Å². The molecular weight excluding hydrogens is 446 g/mol. The van der Waals surface area contributed by atoms with Gasteiger partial charge < -0.3 is 14.5 Å². The minimum absolute atomic E-state index is 0.153. The van der Waals surface area contributed by atoms with Crippen molar-refractivity contribution >= 4 is 17.0 Å². The lowest BCUT2D eigenvalue weighted by Gasteiger charge is -2.44. The predicted octanol–water partition coefficient (Wildman–Crippen LogP) is 4.88. The summed E-state index contributed by atoms with van der Waals surface area (Å²) in [5.41, 5.74) is 8.14. The lowest BCUT2D eigenvalue weighted by atomic mass is 9.62. The molecule has 3 heterocycles. The summed E-state index contributed by atoms with van der Waals surface area (Å²) in [7, 11) is 0. The van der Waals surface area contributed by atoms with Crippen LogP contribution in [0, 0.1) is 11.3 Å². The highest BCUT2D eigenvalue weighted by molar-refractivity contribution is 6.33. The third-order valence-electron chi connectivity index (χ3n) is 9.57. The number of rotatable bonds is 2. The molecule has 0 unspecified atom stereocenters. The van der Waals surface area contributed by atoms with Gasteiger partial charge in [0.1, 0.15) is 0 Å². The van der Waals surface area contributed by atoms with Gasteiger partial charge in [-0.3, -0.25) is 4.79 Å². The fourth-order valence-corrected chi connectivity index (χ4v) is 7.67. The van der Waals surface area contributed by atoms with Gasteiger partial charge in [0.25, 0.3) is 0 Å². The smallest absolute Gasteiger partial charge is 0.193 e. The number of benzene rings is 2. The lowest BCUT2D eigenvalue weighted by molar-refractivity contribution is 0.0603. The second-order valence-corrected chi connectivity index (χ2v) is 11.2. The molecule has 1 spiro atoms. The van der Waals surface area contributed by atoms with E-state index in [-0.39, 0.29) is 11.2 Å². The number of Topliss-reactive ketones (excluding diaryl/α,β-unsaturated/α-hetero) is 1. The van der Waals surface area contributed by atoms with Gasteiger partial charge in [-0.15, -0.1) is 0 Å². The van der Waals surface area contributed by atoms with Crippen LogP contribution in [-0.4, -0.2) is 56.1 Å². The van der Waals surface area contributed by atoms with Crippen LogP contribution >= 0.6 is 0 Å². The number of hydrogen-bond acceptors (Lipinski definition) is 5. The van der Waals surface area contributed by atoms with Crippen LogP contribution in [0.25, 0.3) is 5.57 Å². The molecule has 0 bridgehead atoms. The van der Waals surface area contributed by atoms with Crippen molar-refractivity contribution < 1.29 is 9.53 Å². The summed E-state index contributed by atoms with van der Waals surface area (Å²) in [6.45, 7) is 6.14. The molecule has 3 fully saturated rings. The molecule has 0 amide bonds. The zero-order chi connectivity index (χ0) is 24.3. The first-order chi connectivity index (χ1) is 17.7. The number of nitrogens with zero attached hydrogens (tertiary/aromatic N) is 3. The van der Waals surface area contributed by atoms with Gasteiger partial charge >= 0.3 is 0 Å². The molecule has 0 radical (unpaired) electrons. The highest BCUT2D eigenvalue weighted by Gasteiger charge is 2.49. The normalized spacial score (nSPS) is 23.5. The monoisotopic (exact) mass is 479 g/mol. The fraction of sp³-hybridized carbons (Fsp3) is 0.484. The number of piperidine rings is 1. The molecule has 3 saturated heterocycles. The molecule has 2 aromatic rings. The summed E-state index contributed by atoms with van der Waals surface area (Å²) >= 11 is 0. The molecule has 7 rings (SSSR count). The van der Waals surface area contributed by atoms with Gasteiger partial charge in [0.05, 0.1) is 11.6 Å². The second kappa shape index (κ2) is 8.57. The first kappa shape index (κ1) is 22.3. The average Bonchev–Trinajstić information content (AvgIpc) is 3.61. The molecular formula is C31H33N3O2. The van der Waals surface area contributed by atoms with E-state index < -0.39 is 0 Å². The number of likely N-dealkylation sites (tertiary alicyclic amines) is 1. The highest BCUT2D eigenvalue weighted by atomic mass is 16.5. The Morgan fingerprint density at radius 3 is 2.44 bits per heavy atom. The van der Waals surface area contributed by atoms with E-state index in [0.717, 1.165) is 73.9 Å². The van der Waals surface area contributed by atoms with Crippen molar-refractivity contribution in [3.8, 4) is 6.07 Å². The summed E-state index contributed by atoms with van der Waals surface area (Å²) in [5.74, 6) is 0.153. The van der Waals surface area contributed by atoms with Gasteiger partial charge in [0.2, 0.25) is 0 Å². The number of hydrogen-bond donors (Lipinski definition) is 0. The van der Waals surface area contributed by atoms with E-state index in [9.17, 15) is 10.1 Å². The molecule has 0 saturated carbocycles. The largest absolute Gasteiger partial charge is 0.381 e. The summed E-state index contributed by atoms with van der Waals surface area (Å²) in [6, 6.07) is 15.5. The van der Waals surface area contributed by atoms with Crippen LogP contribution in [-0.2, 0) is 16.6 Å². The molecule has 0 N–H and O–H groups in total. The van der Waals surface area contributed by atoms with E-state index in [2.05, 4.69) is 34.1 Å². The molecule has 0 atom stereocenters. The van der Waals surface area contributed by atoms with Gasteiger partial charge in [0, 0.05) is 54.6 Å². The maximum Gasteiger partial charge on any atom is 0.193 e. The Balaban J connectivity index is 1.25. The number of nitriles is 1. The van der Waals surface area contributed by atoms with E-state index in [1.54, 1.807) is 0 Å². The van der Waals surface area contributed by atoms with Crippen molar-refractivity contribution in [3.05, 3.63) is 69.8 Å². The van der Waals surface area contributed by atoms with Crippen LogP contribution in [0.3, 0.4) is 0 Å². The predicted molar refractivity (Wildman–Crippen MR) is 140 cm³/mol. The Labute approximate surface area is 213 Å². The van der Waals surface area contributed by atoms with Gasteiger partial charge in [-0.2, -0.15) is 5.26 Å². The molecule has 2 aliphatic carbocycles. The first-order valence-electron chi connectivity index (χ1n) is 13.7. The number of ketones is 1. The quantitative estimate of drug-likeness (QED) is 0.615. The first-order valence-corrected chi connectivity index (χ1v) is 13.7. The Morgan fingerprint density at radius 2 is 1.69 bits per heavy atom. The van der Waals surface area contributed by atoms with E-state index in [1.165, 1.54) is 55.6 Å². The van der Waals surface area contributed by atoms with Crippen molar-refractivity contribution in [3.63, 3.8) is 0 Å². The third-order valence-corrected chi connectivity index (χ3v) is 9.57. The summed E-state index contributed by atoms with van der Waals surface area (Å²) in [5, 5.41) is 9.44. The number of ether oxygens (including phenoxy) is 1. The lowest BCUT2D eigenvalue weighted by Crippen LogP contribution is -2.44. The standard InChI is InChI=1S/C31H33N3O2/c32-20-21-3-5-25-22(17-21)18-28-29(25)30(35)26-6-4-24(19-27(26)31(28)9-15-36-16-10-31)34-13-7-23(8-14-34)33-11-1-2-12-33/h3-6,17,19,23H,1-2,7-16,18H2. The number of carbonyl (C=O) groups is 1. The van der Waals surface area contributed by atoms with Crippen molar-refractivity contribution in [1.82, 2.24) is 4.90 Å². The number of fused-ring (bicyclic) bond motifs is 5. The van der Waals surface area contributed by atoms with Gasteiger partial charge in [-0.1, -0.05) is 6.07 Å². The molecule has 3 aliphatic heterocycles. The summed E-state index contributed by atoms with van der Waals surface area (Å²) < 4.78 is 5.84. The number of carbonyl (C=O) groups excluding carboxylic acids is 1. The van der Waals surface area contributed by atoms with E-state index >= 15 is 0 Å². The van der Waals surface area contributed by atoms with E-state index in [0.29, 0.717) is 5.56 Å². The minimum atomic E-state index is -0.160. The molecule has 0 aromatic heterocycles. The molecule has 5 heteroatoms. The zero-order valence-corrected chi connectivity index (χ0v) is 20.9. The summed E-state index contributed by atoms with van der Waals surface area (Å²) in [4.78, 5) is 19.2. The van der Waals surface area contributed by atoms with Gasteiger partial charge in [0.15, 0.2) is 5.78 Å². The maximum atomic E-state index is 13.9. The topological polar surface area (TPSA) is 56.6 Å². The average molecular weight is 480 g/mol. The summed E-state index contributed by atoms with van der Waals surface area (Å²) in [6.07, 6.45) is 7.73. The van der Waals surface area contributed by atoms with Crippen LogP contribution < -0.4 is 4.90 Å². The van der Waals surface area contributed by atoms with Crippen LogP contribution in [0.15, 0.2) is 42.0 Å². The molecule has 36 heavy (non-hydrogen) atoms. The van der Waals surface area contributed by atoms with Crippen molar-refractivity contribution in [2.45, 2.75) is 56.4 Å². The Bertz CT molecular complexity index is 1300. The molecule has 5 aliphatic rings. The third kappa shape index (κ3) is 3.31. The number of allylic oxidation sites excluding steroid dienone is 2. The van der Waals surface area contributed by atoms with Gasteiger partial charge in [-0.25, -0.2) is 0 Å². The Morgan fingerprint density at radius 1 is 0.944 bits per heavy atom. The van der Waals surface area contributed by atoms with Crippen molar-refractivity contribution in [1.29, 1.82) is 5.26 Å². The molecule has 184 valence electrons. The van der Waals surface area contributed by atoms with Crippen LogP contribution in [0.5, 0.6) is 0 Å². The van der Waals surface area contributed by atoms with Gasteiger partial charge in [-0.05, 0) is 111 Å². The van der Waals surface area contributed by atoms with Crippen LogP contribution in [0.2, 0.25) is 0 Å². The van der Waals surface area contributed by atoms with Crippen molar-refractivity contribution in [2.75, 3.05) is 44.3 Å². The van der Waals surface area contributed by atoms with Crippen LogP contribution in [0.1, 0.15) is 71.1 Å². The Kier molecular flexibility index (Phi) is 5.30. The maximum absolute atomic E-state index is 13.9. The SMILES string of the molecule is N#Cc1ccc2c(c1)CC1=C2C(=O)c2ccc(N3CCC(N4CCCC4)CC3)cc2C12CCOCC2. The minimum Gasteiger partial charge on any atom is -0.381 e. The fourth-order valence-electron chi connectivity index (χ4n) is 7.67. The number of anilines is 1. The molecule has 2 aromatic carbocycles. The highest BCUT2D eigenvalue weighted by Crippen LogP contribution is 2.54. The zero-order valence-electron chi connectivity index (χ0n) is 20.9.